The first-order chi connectivity index (χ1) is 7.72. The summed E-state index contributed by atoms with van der Waals surface area (Å²) < 4.78 is 5.21. The Balaban J connectivity index is 2.52. The quantitative estimate of drug-likeness (QED) is 0.575. The van der Waals surface area contributed by atoms with Gasteiger partial charge in [-0.3, -0.25) is 9.59 Å². The van der Waals surface area contributed by atoms with Crippen LogP contribution in [-0.4, -0.2) is 7.11 Å². The summed E-state index contributed by atoms with van der Waals surface area (Å²) in [6.45, 7) is 0. The van der Waals surface area contributed by atoms with E-state index in [9.17, 15) is 9.59 Å². The van der Waals surface area contributed by atoms with E-state index in [1.165, 1.54) is 0 Å². The second kappa shape index (κ2) is 2.92. The molecule has 3 aromatic carbocycles. The highest BCUT2D eigenvalue weighted by molar-refractivity contribution is 6.02. The largest absolute Gasteiger partial charge is 0.496 e. The van der Waals surface area contributed by atoms with E-state index in [0.717, 1.165) is 10.8 Å². The second-order valence-corrected chi connectivity index (χ2v) is 3.74. The minimum absolute atomic E-state index is 0.389. The lowest BCUT2D eigenvalue weighted by atomic mass is 9.99. The molecule has 3 rings (SSSR count). The molecule has 0 bridgehead atoms. The molecule has 0 heterocycles. The molecule has 78 valence electrons. The van der Waals surface area contributed by atoms with Crippen molar-refractivity contribution in [2.45, 2.75) is 0 Å². The Morgan fingerprint density at radius 2 is 1.62 bits per heavy atom. The van der Waals surface area contributed by atoms with Crippen LogP contribution in [-0.2, 0) is 0 Å². The molecule has 0 saturated heterocycles. The third-order valence-electron chi connectivity index (χ3n) is 2.89. The van der Waals surface area contributed by atoms with Gasteiger partial charge in [0.25, 0.3) is 0 Å². The molecular formula is C13H8O3. The molecule has 0 aliphatic heterocycles. The Labute approximate surface area is 90.6 Å². The van der Waals surface area contributed by atoms with Gasteiger partial charge in [-0.2, -0.15) is 0 Å². The van der Waals surface area contributed by atoms with E-state index in [1.807, 2.05) is 18.2 Å². The maximum Gasteiger partial charge on any atom is 0.234 e. The number of hydrogen-bond donors (Lipinski definition) is 0. The zero-order valence-electron chi connectivity index (χ0n) is 8.61. The lowest BCUT2D eigenvalue weighted by Gasteiger charge is -2.07. The fourth-order valence-corrected chi connectivity index (χ4v) is 2.03. The minimum Gasteiger partial charge on any atom is -0.496 e. The summed E-state index contributed by atoms with van der Waals surface area (Å²) in [6, 6.07) is 9.07. The molecule has 0 saturated carbocycles. The maximum absolute atomic E-state index is 11.3. The molecular weight excluding hydrogens is 204 g/mol. The molecule has 0 unspecified atom stereocenters. The van der Waals surface area contributed by atoms with Crippen molar-refractivity contribution >= 4 is 21.5 Å². The summed E-state index contributed by atoms with van der Waals surface area (Å²) in [4.78, 5) is 22.6. The zero-order valence-corrected chi connectivity index (χ0v) is 8.61. The summed E-state index contributed by atoms with van der Waals surface area (Å²) in [5.41, 5.74) is -0.789. The van der Waals surface area contributed by atoms with E-state index in [-0.39, 0.29) is 5.43 Å². The van der Waals surface area contributed by atoms with E-state index < -0.39 is 5.43 Å². The molecule has 0 N–H and O–H groups in total. The van der Waals surface area contributed by atoms with Gasteiger partial charge >= 0.3 is 0 Å². The van der Waals surface area contributed by atoms with Crippen molar-refractivity contribution < 1.29 is 4.74 Å². The number of fused-ring (bicyclic) bond motifs is 2. The van der Waals surface area contributed by atoms with Crippen LogP contribution in [0.15, 0.2) is 39.9 Å². The van der Waals surface area contributed by atoms with Gasteiger partial charge in [0.1, 0.15) is 5.75 Å². The molecule has 3 heteroatoms. The van der Waals surface area contributed by atoms with Gasteiger partial charge in [0.2, 0.25) is 10.9 Å². The highest BCUT2D eigenvalue weighted by Gasteiger charge is 2.14. The molecule has 0 fully saturated rings. The van der Waals surface area contributed by atoms with Gasteiger partial charge in [-0.15, -0.1) is 0 Å². The van der Waals surface area contributed by atoms with Crippen LogP contribution in [0.25, 0.3) is 21.5 Å². The monoisotopic (exact) mass is 212 g/mol. The molecule has 0 spiro atoms. The molecule has 16 heavy (non-hydrogen) atoms. The van der Waals surface area contributed by atoms with Gasteiger partial charge < -0.3 is 4.74 Å². The minimum atomic E-state index is -0.400. The number of hydrogen-bond acceptors (Lipinski definition) is 3. The average Bonchev–Trinajstić information content (AvgIpc) is 2.35. The van der Waals surface area contributed by atoms with E-state index in [0.29, 0.717) is 16.5 Å². The van der Waals surface area contributed by atoms with Crippen LogP contribution in [0.3, 0.4) is 0 Å². The number of ether oxygens (including phenoxy) is 1. The maximum atomic E-state index is 11.3. The number of benzene rings is 2. The first-order valence-electron chi connectivity index (χ1n) is 4.92. The standard InChI is InChI=1S/C13H8O3/c1-16-11-4-2-3-7-5-9-10(6-8(7)11)13(15)12(9)14/h2-6H,1H3. The van der Waals surface area contributed by atoms with Gasteiger partial charge in [0.05, 0.1) is 7.11 Å². The molecule has 0 aromatic heterocycles. The predicted molar refractivity (Wildman–Crippen MR) is 62.9 cm³/mol. The van der Waals surface area contributed by atoms with E-state index >= 15 is 0 Å². The highest BCUT2D eigenvalue weighted by Crippen LogP contribution is 2.28. The number of rotatable bonds is 1. The Kier molecular flexibility index (Phi) is 1.66. The van der Waals surface area contributed by atoms with Crippen LogP contribution in [0.2, 0.25) is 0 Å². The average molecular weight is 212 g/mol. The van der Waals surface area contributed by atoms with Crippen molar-refractivity contribution in [3.05, 3.63) is 50.8 Å². The van der Waals surface area contributed by atoms with Crippen LogP contribution < -0.4 is 15.6 Å². The van der Waals surface area contributed by atoms with Crippen molar-refractivity contribution in [1.29, 1.82) is 0 Å². The van der Waals surface area contributed by atoms with E-state index in [1.54, 1.807) is 19.2 Å². The molecule has 3 aromatic rings. The first kappa shape index (κ1) is 9.09. The van der Waals surface area contributed by atoms with Gasteiger partial charge in [-0.05, 0) is 23.6 Å². The Morgan fingerprint density at radius 3 is 2.31 bits per heavy atom. The van der Waals surface area contributed by atoms with Crippen LogP contribution in [0.1, 0.15) is 0 Å². The molecule has 0 aliphatic rings. The van der Waals surface area contributed by atoms with Crippen molar-refractivity contribution in [1.82, 2.24) is 0 Å². The Bertz CT molecular complexity index is 777. The van der Waals surface area contributed by atoms with Crippen molar-refractivity contribution in [2.24, 2.45) is 0 Å². The van der Waals surface area contributed by atoms with Crippen molar-refractivity contribution in [3.8, 4) is 5.75 Å². The second-order valence-electron chi connectivity index (χ2n) is 3.74. The SMILES string of the molecule is COc1cccc2cc3c(=O)c(=O)c3cc12. The summed E-state index contributed by atoms with van der Waals surface area (Å²) >= 11 is 0. The van der Waals surface area contributed by atoms with Crippen LogP contribution in [0, 0.1) is 0 Å². The molecule has 3 nitrogen and oxygen atoms in total. The van der Waals surface area contributed by atoms with Crippen LogP contribution in [0.5, 0.6) is 5.75 Å². The van der Waals surface area contributed by atoms with Gasteiger partial charge in [-0.1, -0.05) is 12.1 Å². The summed E-state index contributed by atoms with van der Waals surface area (Å²) in [5.74, 6) is 0.715. The van der Waals surface area contributed by atoms with Gasteiger partial charge in [-0.25, -0.2) is 0 Å². The van der Waals surface area contributed by atoms with Crippen molar-refractivity contribution in [2.75, 3.05) is 7.11 Å². The Hall–Kier alpha value is -2.16. The molecule has 0 amide bonds. The normalized spacial score (nSPS) is 11.3. The third-order valence-corrected chi connectivity index (χ3v) is 2.89. The topological polar surface area (TPSA) is 43.4 Å². The van der Waals surface area contributed by atoms with Crippen LogP contribution in [0.4, 0.5) is 0 Å². The zero-order chi connectivity index (χ0) is 11.3. The molecule has 0 aliphatic carbocycles. The lowest BCUT2D eigenvalue weighted by Crippen LogP contribution is -2.30. The molecule has 0 radical (unpaired) electrons. The van der Waals surface area contributed by atoms with E-state index in [4.69, 9.17) is 4.74 Å². The van der Waals surface area contributed by atoms with Gasteiger partial charge in [0, 0.05) is 16.2 Å². The summed E-state index contributed by atoms with van der Waals surface area (Å²) in [6.07, 6.45) is 0. The fraction of sp³-hybridized carbons (Fsp3) is 0.0769. The molecule has 0 atom stereocenters. The van der Waals surface area contributed by atoms with E-state index in [2.05, 4.69) is 0 Å². The fourth-order valence-electron chi connectivity index (χ4n) is 2.03. The Morgan fingerprint density at radius 1 is 0.938 bits per heavy atom. The summed E-state index contributed by atoms with van der Waals surface area (Å²) in [7, 11) is 1.58. The highest BCUT2D eigenvalue weighted by atomic mass is 16.5. The number of methoxy groups -OCH3 is 1. The first-order valence-corrected chi connectivity index (χ1v) is 4.92. The summed E-state index contributed by atoms with van der Waals surface area (Å²) in [5, 5.41) is 2.80. The van der Waals surface area contributed by atoms with Crippen LogP contribution >= 0.6 is 0 Å². The lowest BCUT2D eigenvalue weighted by molar-refractivity contribution is 0.420. The predicted octanol–water partition coefficient (Wildman–Crippen LogP) is 1.60. The smallest absolute Gasteiger partial charge is 0.234 e. The third kappa shape index (κ3) is 0.972. The van der Waals surface area contributed by atoms with Crippen molar-refractivity contribution in [3.63, 3.8) is 0 Å². The van der Waals surface area contributed by atoms with Gasteiger partial charge in [0.15, 0.2) is 0 Å².